The largest absolute Gasteiger partial charge is 0.481 e. The Morgan fingerprint density at radius 1 is 1.24 bits per heavy atom. The normalized spacial score (nSPS) is 22.1. The van der Waals surface area contributed by atoms with Crippen molar-refractivity contribution in [3.8, 4) is 5.88 Å². The van der Waals surface area contributed by atoms with Crippen LogP contribution in [0.5, 0.6) is 5.88 Å². The van der Waals surface area contributed by atoms with Gasteiger partial charge in [-0.05, 0) is 12.5 Å². The molecule has 1 fully saturated rings. The number of nitrogens with zero attached hydrogens (tertiary/aromatic N) is 3. The van der Waals surface area contributed by atoms with Gasteiger partial charge in [0.1, 0.15) is 0 Å². The molecule has 110 valence electrons. The molecule has 0 saturated carbocycles. The lowest BCUT2D eigenvalue weighted by Gasteiger charge is -2.38. The highest BCUT2D eigenvalue weighted by Crippen LogP contribution is 2.29. The SMILES string of the molecule is COc1ccnc(N2C[C@H](C)OC[C@@H]2c2ccccc2)n1. The van der Waals surface area contributed by atoms with Crippen LogP contribution in [0.15, 0.2) is 42.6 Å². The minimum atomic E-state index is 0.120. The molecule has 0 aliphatic carbocycles. The first-order valence-corrected chi connectivity index (χ1v) is 7.08. The van der Waals surface area contributed by atoms with Gasteiger partial charge in [0.2, 0.25) is 11.8 Å². The first kappa shape index (κ1) is 13.8. The summed E-state index contributed by atoms with van der Waals surface area (Å²) < 4.78 is 11.0. The average Bonchev–Trinajstić information content (AvgIpc) is 2.55. The predicted octanol–water partition coefficient (Wildman–Crippen LogP) is 2.45. The lowest BCUT2D eigenvalue weighted by atomic mass is 10.0. The van der Waals surface area contributed by atoms with Gasteiger partial charge < -0.3 is 14.4 Å². The molecule has 5 heteroatoms. The highest BCUT2D eigenvalue weighted by Gasteiger charge is 2.30. The molecule has 5 nitrogen and oxygen atoms in total. The molecule has 0 unspecified atom stereocenters. The highest BCUT2D eigenvalue weighted by molar-refractivity contribution is 5.39. The molecule has 0 spiro atoms. The minimum Gasteiger partial charge on any atom is -0.481 e. The van der Waals surface area contributed by atoms with Crippen molar-refractivity contribution in [2.75, 3.05) is 25.2 Å². The Labute approximate surface area is 124 Å². The summed E-state index contributed by atoms with van der Waals surface area (Å²) >= 11 is 0. The van der Waals surface area contributed by atoms with E-state index in [4.69, 9.17) is 9.47 Å². The Morgan fingerprint density at radius 3 is 2.81 bits per heavy atom. The molecule has 0 bridgehead atoms. The molecule has 21 heavy (non-hydrogen) atoms. The second-order valence-corrected chi connectivity index (χ2v) is 5.12. The van der Waals surface area contributed by atoms with E-state index in [-0.39, 0.29) is 12.1 Å². The molecule has 0 amide bonds. The Morgan fingerprint density at radius 2 is 2.05 bits per heavy atom. The molecule has 1 aromatic heterocycles. The van der Waals surface area contributed by atoms with Gasteiger partial charge in [0, 0.05) is 18.8 Å². The van der Waals surface area contributed by atoms with Gasteiger partial charge >= 0.3 is 0 Å². The van der Waals surface area contributed by atoms with E-state index in [0.29, 0.717) is 18.4 Å². The van der Waals surface area contributed by atoms with Crippen LogP contribution >= 0.6 is 0 Å². The van der Waals surface area contributed by atoms with Crippen LogP contribution in [0.3, 0.4) is 0 Å². The Bertz CT molecular complexity index is 591. The molecule has 0 N–H and O–H groups in total. The van der Waals surface area contributed by atoms with Crippen LogP contribution in [0.2, 0.25) is 0 Å². The van der Waals surface area contributed by atoms with Crippen LogP contribution < -0.4 is 9.64 Å². The second-order valence-electron chi connectivity index (χ2n) is 5.12. The summed E-state index contributed by atoms with van der Waals surface area (Å²) in [6.07, 6.45) is 1.88. The van der Waals surface area contributed by atoms with E-state index in [1.807, 2.05) is 18.2 Å². The summed E-state index contributed by atoms with van der Waals surface area (Å²) in [6, 6.07) is 12.2. The molecule has 1 aliphatic rings. The smallest absolute Gasteiger partial charge is 0.229 e. The van der Waals surface area contributed by atoms with Crippen molar-refractivity contribution in [3.63, 3.8) is 0 Å². The van der Waals surface area contributed by atoms with Gasteiger partial charge in [0.15, 0.2) is 0 Å². The minimum absolute atomic E-state index is 0.120. The van der Waals surface area contributed by atoms with Gasteiger partial charge in [-0.15, -0.1) is 0 Å². The van der Waals surface area contributed by atoms with E-state index in [1.165, 1.54) is 5.56 Å². The molecule has 2 atom stereocenters. The fourth-order valence-corrected chi connectivity index (χ4v) is 2.56. The monoisotopic (exact) mass is 285 g/mol. The van der Waals surface area contributed by atoms with Gasteiger partial charge in [-0.2, -0.15) is 4.98 Å². The number of morpholine rings is 1. The summed E-state index contributed by atoms with van der Waals surface area (Å²) in [7, 11) is 1.61. The molecule has 1 aliphatic heterocycles. The van der Waals surface area contributed by atoms with Gasteiger partial charge in [0.05, 0.1) is 25.9 Å². The van der Waals surface area contributed by atoms with Crippen LogP contribution in [0.4, 0.5) is 5.95 Å². The molecular formula is C16H19N3O2. The number of anilines is 1. The number of benzene rings is 1. The molecule has 2 heterocycles. The maximum atomic E-state index is 5.82. The first-order valence-electron chi connectivity index (χ1n) is 7.08. The quantitative estimate of drug-likeness (QED) is 0.867. The van der Waals surface area contributed by atoms with E-state index in [2.05, 4.69) is 33.9 Å². The summed E-state index contributed by atoms with van der Waals surface area (Å²) in [5.41, 5.74) is 1.20. The standard InChI is InChI=1S/C16H19N3O2/c1-12-10-19(16-17-9-8-15(18-16)20-2)14(11-21-12)13-6-4-3-5-7-13/h3-9,12,14H,10-11H2,1-2H3/t12-,14+/m0/s1. The van der Waals surface area contributed by atoms with Crippen molar-refractivity contribution < 1.29 is 9.47 Å². The van der Waals surface area contributed by atoms with Gasteiger partial charge in [-0.25, -0.2) is 4.98 Å². The fraction of sp³-hybridized carbons (Fsp3) is 0.375. The van der Waals surface area contributed by atoms with Crippen LogP contribution in [-0.4, -0.2) is 36.3 Å². The van der Waals surface area contributed by atoms with Gasteiger partial charge in [-0.1, -0.05) is 30.3 Å². The number of ether oxygens (including phenoxy) is 2. The number of aromatic nitrogens is 2. The lowest BCUT2D eigenvalue weighted by Crippen LogP contribution is -2.44. The lowest BCUT2D eigenvalue weighted by molar-refractivity contribution is 0.0295. The first-order chi connectivity index (χ1) is 10.3. The number of methoxy groups -OCH3 is 1. The summed E-state index contributed by atoms with van der Waals surface area (Å²) in [5.74, 6) is 1.25. The van der Waals surface area contributed by atoms with Crippen LogP contribution in [0.25, 0.3) is 0 Å². The van der Waals surface area contributed by atoms with E-state index in [1.54, 1.807) is 19.4 Å². The third-order valence-corrected chi connectivity index (χ3v) is 3.64. The van der Waals surface area contributed by atoms with Gasteiger partial charge in [0.25, 0.3) is 0 Å². The molecule has 0 radical (unpaired) electrons. The van der Waals surface area contributed by atoms with Crippen LogP contribution in [0, 0.1) is 0 Å². The van der Waals surface area contributed by atoms with Crippen LogP contribution in [0.1, 0.15) is 18.5 Å². The zero-order valence-corrected chi connectivity index (χ0v) is 12.3. The molecule has 1 aromatic carbocycles. The predicted molar refractivity (Wildman–Crippen MR) is 80.5 cm³/mol. The Balaban J connectivity index is 1.94. The van der Waals surface area contributed by atoms with Gasteiger partial charge in [-0.3, -0.25) is 0 Å². The third kappa shape index (κ3) is 2.97. The number of hydrogen-bond acceptors (Lipinski definition) is 5. The number of rotatable bonds is 3. The molecule has 2 aromatic rings. The zero-order chi connectivity index (χ0) is 14.7. The van der Waals surface area contributed by atoms with E-state index < -0.39 is 0 Å². The Kier molecular flexibility index (Phi) is 4.01. The average molecular weight is 285 g/mol. The van der Waals surface area contributed by atoms with E-state index in [9.17, 15) is 0 Å². The third-order valence-electron chi connectivity index (χ3n) is 3.64. The maximum absolute atomic E-state index is 5.82. The van der Waals surface area contributed by atoms with E-state index >= 15 is 0 Å². The number of hydrogen-bond donors (Lipinski definition) is 0. The van der Waals surface area contributed by atoms with Crippen molar-refractivity contribution in [2.45, 2.75) is 19.1 Å². The maximum Gasteiger partial charge on any atom is 0.229 e. The topological polar surface area (TPSA) is 47.5 Å². The zero-order valence-electron chi connectivity index (χ0n) is 12.3. The van der Waals surface area contributed by atoms with E-state index in [0.717, 1.165) is 6.54 Å². The summed E-state index contributed by atoms with van der Waals surface area (Å²) in [5, 5.41) is 0. The van der Waals surface area contributed by atoms with Crippen molar-refractivity contribution in [1.29, 1.82) is 0 Å². The van der Waals surface area contributed by atoms with Crippen molar-refractivity contribution in [1.82, 2.24) is 9.97 Å². The second kappa shape index (κ2) is 6.10. The summed E-state index contributed by atoms with van der Waals surface area (Å²) in [6.45, 7) is 3.45. The van der Waals surface area contributed by atoms with Crippen molar-refractivity contribution >= 4 is 5.95 Å². The Hall–Kier alpha value is -2.14. The molecule has 1 saturated heterocycles. The highest BCUT2D eigenvalue weighted by atomic mass is 16.5. The fourth-order valence-electron chi connectivity index (χ4n) is 2.56. The van der Waals surface area contributed by atoms with Crippen LogP contribution in [-0.2, 0) is 4.74 Å². The summed E-state index contributed by atoms with van der Waals surface area (Å²) in [4.78, 5) is 11.0. The molecular weight excluding hydrogens is 266 g/mol. The van der Waals surface area contributed by atoms with Crippen molar-refractivity contribution in [2.24, 2.45) is 0 Å². The molecule has 3 rings (SSSR count). The van der Waals surface area contributed by atoms with Crippen molar-refractivity contribution in [3.05, 3.63) is 48.2 Å².